The van der Waals surface area contributed by atoms with Gasteiger partial charge in [0.2, 0.25) is 9.84 Å². The van der Waals surface area contributed by atoms with Gasteiger partial charge in [-0.2, -0.15) is 8.78 Å². The number of alkyl halides is 2. The van der Waals surface area contributed by atoms with Gasteiger partial charge in [-0.05, 0) is 37.1 Å². The number of piperidine rings is 1. The smallest absolute Gasteiger partial charge is 0.341 e. The van der Waals surface area contributed by atoms with Gasteiger partial charge in [0.15, 0.2) is 0 Å². The van der Waals surface area contributed by atoms with E-state index in [4.69, 9.17) is 0 Å². The van der Waals surface area contributed by atoms with Crippen molar-refractivity contribution in [1.82, 2.24) is 4.90 Å². The van der Waals surface area contributed by atoms with Crippen molar-refractivity contribution >= 4 is 15.5 Å². The third-order valence-corrected chi connectivity index (χ3v) is 5.16. The van der Waals surface area contributed by atoms with Gasteiger partial charge < -0.3 is 5.32 Å². The molecule has 1 heterocycles. The summed E-state index contributed by atoms with van der Waals surface area (Å²) < 4.78 is 47.6. The highest BCUT2D eigenvalue weighted by molar-refractivity contribution is 7.91. The molecule has 1 aromatic rings. The molecule has 1 fully saturated rings. The highest BCUT2D eigenvalue weighted by Gasteiger charge is 2.26. The third-order valence-electron chi connectivity index (χ3n) is 3.76. The third kappa shape index (κ3) is 4.04. The Kier molecular flexibility index (Phi) is 5.52. The van der Waals surface area contributed by atoms with Crippen LogP contribution in [0.15, 0.2) is 41.8 Å². The molecule has 1 aliphatic rings. The van der Waals surface area contributed by atoms with Crippen molar-refractivity contribution in [2.24, 2.45) is 0 Å². The van der Waals surface area contributed by atoms with Gasteiger partial charge in [0, 0.05) is 31.4 Å². The fourth-order valence-electron chi connectivity index (χ4n) is 2.52. The average molecular weight is 330 g/mol. The molecule has 1 aliphatic heterocycles. The second kappa shape index (κ2) is 7.19. The van der Waals surface area contributed by atoms with E-state index >= 15 is 0 Å². The van der Waals surface area contributed by atoms with Crippen molar-refractivity contribution in [1.29, 1.82) is 0 Å². The highest BCUT2D eigenvalue weighted by atomic mass is 32.2. The molecule has 1 N–H and O–H groups in total. The maximum atomic E-state index is 12.5. The summed E-state index contributed by atoms with van der Waals surface area (Å²) in [4.78, 5) is 1.96. The summed E-state index contributed by atoms with van der Waals surface area (Å²) in [5, 5.41) is 3.32. The number of sulfone groups is 1. The number of nitrogens with zero attached hydrogens (tertiary/aromatic N) is 1. The van der Waals surface area contributed by atoms with E-state index in [2.05, 4.69) is 16.8 Å². The number of anilines is 1. The average Bonchev–Trinajstić information content (AvgIpc) is 2.50. The summed E-state index contributed by atoms with van der Waals surface area (Å²) in [7, 11) is -4.52. The molecule has 1 saturated heterocycles. The van der Waals surface area contributed by atoms with Crippen molar-refractivity contribution in [2.75, 3.05) is 25.0 Å². The van der Waals surface area contributed by atoms with Crippen molar-refractivity contribution < 1.29 is 17.2 Å². The van der Waals surface area contributed by atoms with Gasteiger partial charge in [0.05, 0.1) is 4.90 Å². The van der Waals surface area contributed by atoms with E-state index in [1.54, 1.807) is 0 Å². The first kappa shape index (κ1) is 16.9. The molecule has 0 unspecified atom stereocenters. The quantitative estimate of drug-likeness (QED) is 0.815. The lowest BCUT2D eigenvalue weighted by Gasteiger charge is -2.32. The van der Waals surface area contributed by atoms with Crippen LogP contribution in [-0.4, -0.2) is 44.8 Å². The maximum absolute atomic E-state index is 12.5. The van der Waals surface area contributed by atoms with Crippen LogP contribution in [0.3, 0.4) is 0 Å². The monoisotopic (exact) mass is 330 g/mol. The van der Waals surface area contributed by atoms with Crippen LogP contribution < -0.4 is 5.32 Å². The van der Waals surface area contributed by atoms with E-state index in [-0.39, 0.29) is 4.90 Å². The molecule has 0 saturated carbocycles. The summed E-state index contributed by atoms with van der Waals surface area (Å²) >= 11 is 0. The minimum Gasteiger partial charge on any atom is -0.382 e. The van der Waals surface area contributed by atoms with Gasteiger partial charge in [-0.25, -0.2) is 8.42 Å². The molecule has 0 bridgehead atoms. The Morgan fingerprint density at radius 1 is 1.27 bits per heavy atom. The fraction of sp³-hybridized carbons (Fsp3) is 0.467. The molecule has 0 amide bonds. The molecule has 0 spiro atoms. The zero-order chi connectivity index (χ0) is 16.2. The Hall–Kier alpha value is -1.47. The van der Waals surface area contributed by atoms with Gasteiger partial charge >= 0.3 is 5.76 Å². The molecular formula is C15H20F2N2O2S. The van der Waals surface area contributed by atoms with Gasteiger partial charge in [-0.1, -0.05) is 6.08 Å². The van der Waals surface area contributed by atoms with Crippen molar-refractivity contribution in [3.63, 3.8) is 0 Å². The van der Waals surface area contributed by atoms with Gasteiger partial charge in [-0.3, -0.25) is 4.90 Å². The second-order valence-corrected chi connectivity index (χ2v) is 7.26. The minimum atomic E-state index is -4.52. The minimum absolute atomic E-state index is 0.304. The maximum Gasteiger partial charge on any atom is 0.341 e. The van der Waals surface area contributed by atoms with Gasteiger partial charge in [0.25, 0.3) is 0 Å². The first-order valence-electron chi connectivity index (χ1n) is 7.15. The standard InChI is InChI=1S/C15H20F2N2O2S/c1-2-9-19-10-7-13(8-11-19)18-12-3-5-14(6-4-12)22(20,21)15(16)17/h2-6,13,15,18H,1,7-11H2. The van der Waals surface area contributed by atoms with Crippen LogP contribution in [0.5, 0.6) is 0 Å². The van der Waals surface area contributed by atoms with E-state index < -0.39 is 15.6 Å². The summed E-state index contributed by atoms with van der Waals surface area (Å²) in [6.45, 7) is 6.55. The van der Waals surface area contributed by atoms with E-state index in [1.807, 2.05) is 6.08 Å². The Morgan fingerprint density at radius 3 is 2.36 bits per heavy atom. The van der Waals surface area contributed by atoms with E-state index in [9.17, 15) is 17.2 Å². The van der Waals surface area contributed by atoms with Crippen molar-refractivity contribution in [3.8, 4) is 0 Å². The van der Waals surface area contributed by atoms with Crippen LogP contribution in [0.1, 0.15) is 12.8 Å². The highest BCUT2D eigenvalue weighted by Crippen LogP contribution is 2.22. The summed E-state index contributed by atoms with van der Waals surface area (Å²) in [5.41, 5.74) is 0.746. The molecule has 1 aromatic carbocycles. The molecule has 7 heteroatoms. The number of hydrogen-bond donors (Lipinski definition) is 1. The Labute approximate surface area is 129 Å². The molecule has 2 rings (SSSR count). The molecule has 0 radical (unpaired) electrons. The summed E-state index contributed by atoms with van der Waals surface area (Å²) in [5.74, 6) is -3.39. The van der Waals surface area contributed by atoms with Crippen LogP contribution in [0.2, 0.25) is 0 Å². The van der Waals surface area contributed by atoms with Gasteiger partial charge in [0.1, 0.15) is 0 Å². The van der Waals surface area contributed by atoms with Crippen molar-refractivity contribution in [2.45, 2.75) is 29.5 Å². The molecular weight excluding hydrogens is 310 g/mol. The normalized spacial score (nSPS) is 17.6. The lowest BCUT2D eigenvalue weighted by Crippen LogP contribution is -2.39. The zero-order valence-electron chi connectivity index (χ0n) is 12.2. The molecule has 0 aliphatic carbocycles. The molecule has 4 nitrogen and oxygen atoms in total. The summed E-state index contributed by atoms with van der Waals surface area (Å²) in [6, 6.07) is 5.81. The topological polar surface area (TPSA) is 49.4 Å². The Morgan fingerprint density at radius 2 is 1.86 bits per heavy atom. The predicted molar refractivity (Wildman–Crippen MR) is 82.9 cm³/mol. The van der Waals surface area contributed by atoms with Crippen molar-refractivity contribution in [3.05, 3.63) is 36.9 Å². The van der Waals surface area contributed by atoms with E-state index in [1.165, 1.54) is 24.3 Å². The lowest BCUT2D eigenvalue weighted by atomic mass is 10.0. The first-order chi connectivity index (χ1) is 10.4. The molecule has 122 valence electrons. The number of rotatable bonds is 6. The fourth-order valence-corrected chi connectivity index (χ4v) is 3.24. The zero-order valence-corrected chi connectivity index (χ0v) is 13.0. The molecule has 0 aromatic heterocycles. The van der Waals surface area contributed by atoms with Gasteiger partial charge in [-0.15, -0.1) is 6.58 Å². The van der Waals surface area contributed by atoms with Crippen LogP contribution >= 0.6 is 0 Å². The van der Waals surface area contributed by atoms with Crippen LogP contribution in [-0.2, 0) is 9.84 Å². The summed E-state index contributed by atoms with van der Waals surface area (Å²) in [6.07, 6.45) is 3.84. The SMILES string of the molecule is C=CCN1CCC(Nc2ccc(S(=O)(=O)C(F)F)cc2)CC1. The predicted octanol–water partition coefficient (Wildman–Crippen LogP) is 2.75. The number of halogens is 2. The van der Waals surface area contributed by atoms with E-state index in [0.717, 1.165) is 38.2 Å². The first-order valence-corrected chi connectivity index (χ1v) is 8.70. The number of nitrogens with one attached hydrogen (secondary N) is 1. The number of benzene rings is 1. The second-order valence-electron chi connectivity index (χ2n) is 5.34. The van der Waals surface area contributed by atoms with Crippen LogP contribution in [0, 0.1) is 0 Å². The Balaban J connectivity index is 1.94. The van der Waals surface area contributed by atoms with Crippen LogP contribution in [0.4, 0.5) is 14.5 Å². The lowest BCUT2D eigenvalue weighted by molar-refractivity contribution is 0.234. The number of hydrogen-bond acceptors (Lipinski definition) is 4. The molecule has 22 heavy (non-hydrogen) atoms. The largest absolute Gasteiger partial charge is 0.382 e. The number of likely N-dealkylation sites (tertiary alicyclic amines) is 1. The molecule has 0 atom stereocenters. The Bertz CT molecular complexity index is 594. The van der Waals surface area contributed by atoms with E-state index in [0.29, 0.717) is 6.04 Å². The van der Waals surface area contributed by atoms with Crippen LogP contribution in [0.25, 0.3) is 0 Å².